The van der Waals surface area contributed by atoms with Gasteiger partial charge in [0.15, 0.2) is 5.11 Å². The van der Waals surface area contributed by atoms with Gasteiger partial charge in [-0.05, 0) is 42.8 Å². The molecule has 2 aromatic carbocycles. The highest BCUT2D eigenvalue weighted by molar-refractivity contribution is 7.80. The third-order valence-corrected chi connectivity index (χ3v) is 3.39. The van der Waals surface area contributed by atoms with E-state index in [1.165, 1.54) is 11.6 Å². The highest BCUT2D eigenvalue weighted by Gasteiger charge is 2.14. The predicted octanol–water partition coefficient (Wildman–Crippen LogP) is 3.43. The van der Waals surface area contributed by atoms with E-state index in [1.807, 2.05) is 43.3 Å². The molecular formula is C16H17N3O2S. The smallest absolute Gasteiger partial charge is 0.292 e. The molecule has 0 unspecified atom stereocenters. The molecule has 0 aliphatic carbocycles. The van der Waals surface area contributed by atoms with E-state index in [1.54, 1.807) is 6.07 Å². The van der Waals surface area contributed by atoms with E-state index in [0.717, 1.165) is 12.0 Å². The molecule has 5 nitrogen and oxygen atoms in total. The number of rotatable bonds is 5. The van der Waals surface area contributed by atoms with Crippen molar-refractivity contribution < 1.29 is 4.92 Å². The minimum atomic E-state index is -0.415. The summed E-state index contributed by atoms with van der Waals surface area (Å²) in [5.41, 5.74) is 2.46. The fourth-order valence-corrected chi connectivity index (χ4v) is 2.24. The van der Waals surface area contributed by atoms with Crippen LogP contribution in [-0.2, 0) is 6.42 Å². The van der Waals surface area contributed by atoms with Crippen LogP contribution in [0.4, 0.5) is 11.4 Å². The van der Waals surface area contributed by atoms with Gasteiger partial charge >= 0.3 is 0 Å². The van der Waals surface area contributed by atoms with Crippen LogP contribution in [0.25, 0.3) is 0 Å². The van der Waals surface area contributed by atoms with Gasteiger partial charge in [0.2, 0.25) is 0 Å². The van der Waals surface area contributed by atoms with Crippen molar-refractivity contribution in [3.63, 3.8) is 0 Å². The molecule has 2 rings (SSSR count). The Bertz CT molecular complexity index is 674. The normalized spacial score (nSPS) is 10.0. The molecule has 114 valence electrons. The quantitative estimate of drug-likeness (QED) is 0.503. The first-order valence-electron chi connectivity index (χ1n) is 6.90. The summed E-state index contributed by atoms with van der Waals surface area (Å²) in [6, 6.07) is 15.0. The molecule has 0 aliphatic heterocycles. The number of thiocarbonyl (C=S) groups is 1. The third-order valence-electron chi connectivity index (χ3n) is 3.14. The summed E-state index contributed by atoms with van der Waals surface area (Å²) in [4.78, 5) is 10.6. The van der Waals surface area contributed by atoms with Crippen LogP contribution in [0.1, 0.15) is 11.1 Å². The average molecular weight is 315 g/mol. The lowest BCUT2D eigenvalue weighted by atomic mass is 10.1. The Morgan fingerprint density at radius 1 is 1.23 bits per heavy atom. The lowest BCUT2D eigenvalue weighted by molar-refractivity contribution is -0.383. The van der Waals surface area contributed by atoms with Crippen molar-refractivity contribution in [1.82, 2.24) is 5.32 Å². The summed E-state index contributed by atoms with van der Waals surface area (Å²) in [7, 11) is 0. The monoisotopic (exact) mass is 315 g/mol. The topological polar surface area (TPSA) is 67.2 Å². The van der Waals surface area contributed by atoms with Gasteiger partial charge in [-0.25, -0.2) is 0 Å². The van der Waals surface area contributed by atoms with Gasteiger partial charge in [0, 0.05) is 12.6 Å². The van der Waals surface area contributed by atoms with Crippen LogP contribution in [-0.4, -0.2) is 16.6 Å². The Labute approximate surface area is 134 Å². The van der Waals surface area contributed by atoms with Crippen molar-refractivity contribution in [3.05, 3.63) is 69.8 Å². The van der Waals surface area contributed by atoms with Gasteiger partial charge in [0.1, 0.15) is 5.69 Å². The van der Waals surface area contributed by atoms with Crippen molar-refractivity contribution in [2.45, 2.75) is 13.3 Å². The van der Waals surface area contributed by atoms with Gasteiger partial charge in [-0.15, -0.1) is 0 Å². The fourth-order valence-electron chi connectivity index (χ4n) is 2.03. The molecule has 0 aliphatic rings. The molecule has 2 aromatic rings. The molecule has 0 amide bonds. The minimum Gasteiger partial charge on any atom is -0.362 e. The lowest BCUT2D eigenvalue weighted by Gasteiger charge is -2.11. The van der Waals surface area contributed by atoms with Gasteiger partial charge < -0.3 is 10.6 Å². The Kier molecular flexibility index (Phi) is 5.43. The number of hydrogen-bond acceptors (Lipinski definition) is 3. The van der Waals surface area contributed by atoms with Gasteiger partial charge in [0.25, 0.3) is 5.69 Å². The van der Waals surface area contributed by atoms with Crippen LogP contribution >= 0.6 is 12.2 Å². The lowest BCUT2D eigenvalue weighted by Crippen LogP contribution is -2.30. The second-order valence-electron chi connectivity index (χ2n) is 4.89. The predicted molar refractivity (Wildman–Crippen MR) is 92.2 cm³/mol. The number of nitro benzene ring substituents is 1. The van der Waals surface area contributed by atoms with Crippen LogP contribution in [0.5, 0.6) is 0 Å². The fraction of sp³-hybridized carbons (Fsp3) is 0.188. The zero-order valence-electron chi connectivity index (χ0n) is 12.2. The number of nitrogens with zero attached hydrogens (tertiary/aromatic N) is 1. The molecule has 0 spiro atoms. The number of benzene rings is 2. The van der Waals surface area contributed by atoms with Crippen molar-refractivity contribution in [3.8, 4) is 0 Å². The SMILES string of the molecule is Cc1ccc(NC(=S)NCCc2ccccc2)c([N+](=O)[O-])c1. The minimum absolute atomic E-state index is 0.0206. The van der Waals surface area contributed by atoms with E-state index >= 15 is 0 Å². The van der Waals surface area contributed by atoms with Crippen LogP contribution < -0.4 is 10.6 Å². The molecular weight excluding hydrogens is 298 g/mol. The van der Waals surface area contributed by atoms with Crippen LogP contribution in [0.15, 0.2) is 48.5 Å². The van der Waals surface area contributed by atoms with E-state index in [0.29, 0.717) is 17.3 Å². The zero-order chi connectivity index (χ0) is 15.9. The van der Waals surface area contributed by atoms with Gasteiger partial charge in [-0.2, -0.15) is 0 Å². The Balaban J connectivity index is 1.91. The van der Waals surface area contributed by atoms with E-state index < -0.39 is 4.92 Å². The standard InChI is InChI=1S/C16H17N3O2S/c1-12-7-8-14(15(11-12)19(20)21)18-16(22)17-10-9-13-5-3-2-4-6-13/h2-8,11H,9-10H2,1H3,(H2,17,18,22). The number of anilines is 1. The summed E-state index contributed by atoms with van der Waals surface area (Å²) in [6.45, 7) is 2.47. The van der Waals surface area contributed by atoms with Crippen molar-refractivity contribution in [1.29, 1.82) is 0 Å². The average Bonchev–Trinajstić information content (AvgIpc) is 2.50. The van der Waals surface area contributed by atoms with Gasteiger partial charge in [-0.1, -0.05) is 36.4 Å². The molecule has 0 saturated heterocycles. The number of hydrogen-bond donors (Lipinski definition) is 2. The summed E-state index contributed by atoms with van der Waals surface area (Å²) in [5, 5.41) is 17.4. The summed E-state index contributed by atoms with van der Waals surface area (Å²) in [6.07, 6.45) is 0.832. The second-order valence-corrected chi connectivity index (χ2v) is 5.30. The molecule has 0 saturated carbocycles. The van der Waals surface area contributed by atoms with Crippen LogP contribution in [0.2, 0.25) is 0 Å². The highest BCUT2D eigenvalue weighted by atomic mass is 32.1. The number of nitrogens with one attached hydrogen (secondary N) is 2. The van der Waals surface area contributed by atoms with E-state index in [2.05, 4.69) is 10.6 Å². The first-order valence-corrected chi connectivity index (χ1v) is 7.31. The van der Waals surface area contributed by atoms with Gasteiger partial charge in [-0.3, -0.25) is 10.1 Å². The Morgan fingerprint density at radius 2 is 1.95 bits per heavy atom. The second kappa shape index (κ2) is 7.51. The molecule has 6 heteroatoms. The molecule has 0 heterocycles. The maximum Gasteiger partial charge on any atom is 0.292 e. The van der Waals surface area contributed by atoms with Crippen LogP contribution in [0, 0.1) is 17.0 Å². The molecule has 0 fully saturated rings. The van der Waals surface area contributed by atoms with Crippen molar-refractivity contribution in [2.75, 3.05) is 11.9 Å². The molecule has 0 radical (unpaired) electrons. The summed E-state index contributed by atoms with van der Waals surface area (Å²) < 4.78 is 0. The van der Waals surface area contributed by atoms with Crippen molar-refractivity contribution in [2.24, 2.45) is 0 Å². The van der Waals surface area contributed by atoms with E-state index in [-0.39, 0.29) is 5.69 Å². The Hall–Kier alpha value is -2.47. The summed E-state index contributed by atoms with van der Waals surface area (Å²) >= 11 is 5.19. The largest absolute Gasteiger partial charge is 0.362 e. The molecule has 0 aromatic heterocycles. The maximum atomic E-state index is 11.1. The molecule has 0 bridgehead atoms. The first-order chi connectivity index (χ1) is 10.6. The maximum absolute atomic E-state index is 11.1. The van der Waals surface area contributed by atoms with Crippen LogP contribution in [0.3, 0.4) is 0 Å². The molecule has 2 N–H and O–H groups in total. The third kappa shape index (κ3) is 4.53. The van der Waals surface area contributed by atoms with Gasteiger partial charge in [0.05, 0.1) is 4.92 Å². The zero-order valence-corrected chi connectivity index (χ0v) is 13.0. The first kappa shape index (κ1) is 15.9. The van der Waals surface area contributed by atoms with E-state index in [9.17, 15) is 10.1 Å². The highest BCUT2D eigenvalue weighted by Crippen LogP contribution is 2.25. The summed E-state index contributed by atoms with van der Waals surface area (Å²) in [5.74, 6) is 0. The number of nitro groups is 1. The molecule has 0 atom stereocenters. The van der Waals surface area contributed by atoms with E-state index in [4.69, 9.17) is 12.2 Å². The molecule has 22 heavy (non-hydrogen) atoms. The number of aryl methyl sites for hydroxylation is 1. The Morgan fingerprint density at radius 3 is 2.64 bits per heavy atom. The van der Waals surface area contributed by atoms with Crippen molar-refractivity contribution >= 4 is 28.7 Å².